The molecule has 2 rings (SSSR count). The Morgan fingerprint density at radius 1 is 1.50 bits per heavy atom. The van der Waals surface area contributed by atoms with E-state index in [4.69, 9.17) is 11.6 Å². The van der Waals surface area contributed by atoms with E-state index in [1.165, 1.54) is 6.07 Å². The zero-order chi connectivity index (χ0) is 13.1. The van der Waals surface area contributed by atoms with E-state index in [9.17, 15) is 8.60 Å². The van der Waals surface area contributed by atoms with Crippen LogP contribution in [0.15, 0.2) is 18.2 Å². The zero-order valence-electron chi connectivity index (χ0n) is 10.0. The average molecular weight is 289 g/mol. The molecule has 0 bridgehead atoms. The lowest BCUT2D eigenvalue weighted by Crippen LogP contribution is -2.11. The number of benzene rings is 1. The molecule has 0 radical (unpaired) electrons. The predicted molar refractivity (Wildman–Crippen MR) is 72.8 cm³/mol. The molecule has 0 spiro atoms. The summed E-state index contributed by atoms with van der Waals surface area (Å²) in [7, 11) is -0.856. The first kappa shape index (κ1) is 13.5. The minimum Gasteiger partial charge on any atom is -0.326 e. The van der Waals surface area contributed by atoms with Crippen LogP contribution in [0.3, 0.4) is 0 Å². The SMILES string of the molecule is CCS(=O)CCn1c(CCl)nc2c(F)cccc21. The van der Waals surface area contributed by atoms with Crippen molar-refractivity contribution in [2.45, 2.75) is 19.3 Å². The van der Waals surface area contributed by atoms with Crippen molar-refractivity contribution in [1.29, 1.82) is 0 Å². The summed E-state index contributed by atoms with van der Waals surface area (Å²) >= 11 is 5.82. The van der Waals surface area contributed by atoms with Crippen molar-refractivity contribution in [3.8, 4) is 0 Å². The van der Waals surface area contributed by atoms with Crippen LogP contribution in [0.1, 0.15) is 12.7 Å². The molecule has 2 aromatic rings. The van der Waals surface area contributed by atoms with Gasteiger partial charge in [0.1, 0.15) is 11.3 Å². The van der Waals surface area contributed by atoms with Gasteiger partial charge in [0.2, 0.25) is 0 Å². The van der Waals surface area contributed by atoms with Gasteiger partial charge < -0.3 is 4.57 Å². The number of rotatable bonds is 5. The minimum absolute atomic E-state index is 0.215. The Morgan fingerprint density at radius 2 is 2.28 bits per heavy atom. The lowest BCUT2D eigenvalue weighted by molar-refractivity contribution is 0.637. The number of hydrogen-bond donors (Lipinski definition) is 0. The van der Waals surface area contributed by atoms with Crippen molar-refractivity contribution >= 4 is 33.4 Å². The van der Waals surface area contributed by atoms with Crippen LogP contribution in [-0.4, -0.2) is 25.3 Å². The molecule has 0 aliphatic heterocycles. The smallest absolute Gasteiger partial charge is 0.151 e. The summed E-state index contributed by atoms with van der Waals surface area (Å²) in [6.07, 6.45) is 0. The maximum Gasteiger partial charge on any atom is 0.151 e. The molecule has 18 heavy (non-hydrogen) atoms. The van der Waals surface area contributed by atoms with Crippen LogP contribution in [0.5, 0.6) is 0 Å². The Balaban J connectivity index is 2.41. The third-order valence-electron chi connectivity index (χ3n) is 2.79. The van der Waals surface area contributed by atoms with Crippen molar-refractivity contribution in [3.63, 3.8) is 0 Å². The highest BCUT2D eigenvalue weighted by Gasteiger charge is 2.13. The van der Waals surface area contributed by atoms with Gasteiger partial charge in [-0.2, -0.15) is 0 Å². The summed E-state index contributed by atoms with van der Waals surface area (Å²) in [4.78, 5) is 4.19. The topological polar surface area (TPSA) is 34.9 Å². The fourth-order valence-corrected chi connectivity index (χ4v) is 2.73. The Kier molecular flexibility index (Phi) is 4.35. The summed E-state index contributed by atoms with van der Waals surface area (Å²) in [5, 5.41) is 0. The van der Waals surface area contributed by atoms with Gasteiger partial charge in [-0.1, -0.05) is 13.0 Å². The molecule has 1 heterocycles. The molecule has 1 aromatic heterocycles. The standard InChI is InChI=1S/C12H14ClFN2OS/c1-2-18(17)7-6-16-10-5-3-4-9(14)12(10)15-11(16)8-13/h3-5H,2,6-8H2,1H3. The van der Waals surface area contributed by atoms with Crippen LogP contribution in [-0.2, 0) is 23.2 Å². The maximum atomic E-state index is 13.6. The molecule has 98 valence electrons. The number of aromatic nitrogens is 2. The molecule has 0 saturated heterocycles. The van der Waals surface area contributed by atoms with Crippen molar-refractivity contribution in [2.75, 3.05) is 11.5 Å². The quantitative estimate of drug-likeness (QED) is 0.793. The number of nitrogens with zero attached hydrogens (tertiary/aromatic N) is 2. The van der Waals surface area contributed by atoms with Crippen molar-refractivity contribution in [2.24, 2.45) is 0 Å². The summed E-state index contributed by atoms with van der Waals surface area (Å²) in [6.45, 7) is 2.42. The van der Waals surface area contributed by atoms with E-state index in [0.29, 0.717) is 34.9 Å². The van der Waals surface area contributed by atoms with Crippen LogP contribution >= 0.6 is 11.6 Å². The molecule has 1 atom stereocenters. The van der Waals surface area contributed by atoms with E-state index in [0.717, 1.165) is 0 Å². The molecule has 3 nitrogen and oxygen atoms in total. The van der Waals surface area contributed by atoms with E-state index < -0.39 is 10.8 Å². The Labute approximate surface area is 112 Å². The highest BCUT2D eigenvalue weighted by molar-refractivity contribution is 7.84. The molecule has 1 unspecified atom stereocenters. The van der Waals surface area contributed by atoms with Gasteiger partial charge >= 0.3 is 0 Å². The number of hydrogen-bond acceptors (Lipinski definition) is 2. The number of para-hydroxylation sites is 1. The summed E-state index contributed by atoms with van der Waals surface area (Å²) in [6, 6.07) is 4.82. The van der Waals surface area contributed by atoms with Gasteiger partial charge in [-0.05, 0) is 12.1 Å². The Hall–Kier alpha value is -0.940. The molecule has 6 heteroatoms. The van der Waals surface area contributed by atoms with Gasteiger partial charge in [-0.3, -0.25) is 4.21 Å². The first-order chi connectivity index (χ1) is 8.67. The Bertz CT molecular complexity index is 585. The summed E-state index contributed by atoms with van der Waals surface area (Å²) in [5.41, 5.74) is 1.04. The minimum atomic E-state index is -0.856. The molecule has 0 aliphatic rings. The summed E-state index contributed by atoms with van der Waals surface area (Å²) in [5.74, 6) is 1.63. The second-order valence-corrected chi connectivity index (χ2v) is 5.99. The van der Waals surface area contributed by atoms with Gasteiger partial charge in [0.15, 0.2) is 5.82 Å². The van der Waals surface area contributed by atoms with E-state index in [2.05, 4.69) is 4.98 Å². The Morgan fingerprint density at radius 3 is 2.94 bits per heavy atom. The van der Waals surface area contributed by atoms with Crippen LogP contribution in [0.25, 0.3) is 11.0 Å². The molecular weight excluding hydrogens is 275 g/mol. The molecule has 0 N–H and O–H groups in total. The van der Waals surface area contributed by atoms with Crippen LogP contribution < -0.4 is 0 Å². The highest BCUT2D eigenvalue weighted by Crippen LogP contribution is 2.20. The molecule has 1 aromatic carbocycles. The molecule has 0 amide bonds. The fourth-order valence-electron chi connectivity index (χ4n) is 1.85. The highest BCUT2D eigenvalue weighted by atomic mass is 35.5. The maximum absolute atomic E-state index is 13.6. The van der Waals surface area contributed by atoms with Crippen LogP contribution in [0.2, 0.25) is 0 Å². The zero-order valence-corrected chi connectivity index (χ0v) is 11.6. The van der Waals surface area contributed by atoms with E-state index >= 15 is 0 Å². The number of fused-ring (bicyclic) bond motifs is 1. The third-order valence-corrected chi connectivity index (χ3v) is 4.31. The summed E-state index contributed by atoms with van der Waals surface area (Å²) < 4.78 is 26.9. The van der Waals surface area contributed by atoms with E-state index in [1.54, 1.807) is 12.1 Å². The molecule has 0 aliphatic carbocycles. The molecule has 0 saturated carbocycles. The van der Waals surface area contributed by atoms with Gasteiger partial charge in [0.25, 0.3) is 0 Å². The van der Waals surface area contributed by atoms with Crippen molar-refractivity contribution in [1.82, 2.24) is 9.55 Å². The van der Waals surface area contributed by atoms with Crippen LogP contribution in [0.4, 0.5) is 4.39 Å². The monoisotopic (exact) mass is 288 g/mol. The lowest BCUT2D eigenvalue weighted by Gasteiger charge is -2.06. The largest absolute Gasteiger partial charge is 0.326 e. The van der Waals surface area contributed by atoms with Gasteiger partial charge in [-0.25, -0.2) is 9.37 Å². The number of imidazole rings is 1. The third kappa shape index (κ3) is 2.57. The second-order valence-electron chi connectivity index (χ2n) is 3.85. The normalized spacial score (nSPS) is 13.1. The van der Waals surface area contributed by atoms with E-state index in [-0.39, 0.29) is 11.7 Å². The van der Waals surface area contributed by atoms with Crippen molar-refractivity contribution < 1.29 is 8.60 Å². The fraction of sp³-hybridized carbons (Fsp3) is 0.417. The predicted octanol–water partition coefficient (Wildman–Crippen LogP) is 2.68. The van der Waals surface area contributed by atoms with E-state index in [1.807, 2.05) is 11.5 Å². The first-order valence-corrected chi connectivity index (χ1v) is 7.74. The van der Waals surface area contributed by atoms with Crippen molar-refractivity contribution in [3.05, 3.63) is 29.8 Å². The first-order valence-electron chi connectivity index (χ1n) is 5.72. The number of aryl methyl sites for hydroxylation is 1. The van der Waals surface area contributed by atoms with Gasteiger partial charge in [0.05, 0.1) is 11.4 Å². The second kappa shape index (κ2) is 5.80. The van der Waals surface area contributed by atoms with Gasteiger partial charge in [-0.15, -0.1) is 11.6 Å². The average Bonchev–Trinajstić information content (AvgIpc) is 2.75. The molecular formula is C12H14ClFN2OS. The number of alkyl halides is 1. The molecule has 0 fully saturated rings. The lowest BCUT2D eigenvalue weighted by atomic mass is 10.3. The van der Waals surface area contributed by atoms with Crippen LogP contribution in [0, 0.1) is 5.82 Å². The number of halogens is 2. The van der Waals surface area contributed by atoms with Gasteiger partial charge in [0, 0.05) is 28.9 Å².